The van der Waals surface area contributed by atoms with Gasteiger partial charge in [-0.2, -0.15) is 0 Å². The maximum atomic E-state index is 13.5. The summed E-state index contributed by atoms with van der Waals surface area (Å²) in [6, 6.07) is 14.3. The zero-order chi connectivity index (χ0) is 24.6. The van der Waals surface area contributed by atoms with Gasteiger partial charge in [-0.3, -0.25) is 13.9 Å². The number of rotatable bonds is 11. The van der Waals surface area contributed by atoms with E-state index in [9.17, 15) is 18.0 Å². The smallest absolute Gasteiger partial charge is 0.244 e. The van der Waals surface area contributed by atoms with Gasteiger partial charge in [0.2, 0.25) is 21.8 Å². The van der Waals surface area contributed by atoms with Crippen molar-refractivity contribution in [3.05, 3.63) is 65.2 Å². The molecule has 0 bridgehead atoms. The molecule has 0 fully saturated rings. The second-order valence-electron chi connectivity index (χ2n) is 8.28. The van der Waals surface area contributed by atoms with Gasteiger partial charge in [-0.05, 0) is 56.4 Å². The first kappa shape index (κ1) is 26.4. The van der Waals surface area contributed by atoms with E-state index in [1.165, 1.54) is 4.90 Å². The molecule has 0 spiro atoms. The average molecular weight is 474 g/mol. The second kappa shape index (κ2) is 11.8. The third kappa shape index (κ3) is 7.32. The van der Waals surface area contributed by atoms with Crippen LogP contribution in [0.25, 0.3) is 0 Å². The zero-order valence-corrected chi connectivity index (χ0v) is 21.0. The third-order valence-electron chi connectivity index (χ3n) is 5.72. The summed E-state index contributed by atoms with van der Waals surface area (Å²) in [7, 11) is -3.73. The molecule has 1 atom stereocenters. The maximum Gasteiger partial charge on any atom is 0.244 e. The fraction of sp³-hybridized carbons (Fsp3) is 0.440. The fourth-order valence-electron chi connectivity index (χ4n) is 3.57. The van der Waals surface area contributed by atoms with Crippen molar-refractivity contribution in [3.63, 3.8) is 0 Å². The molecule has 2 aromatic rings. The highest BCUT2D eigenvalue weighted by molar-refractivity contribution is 7.92. The van der Waals surface area contributed by atoms with E-state index in [4.69, 9.17) is 0 Å². The lowest BCUT2D eigenvalue weighted by Gasteiger charge is -2.32. The Hall–Kier alpha value is -2.87. The first-order valence-electron chi connectivity index (χ1n) is 11.2. The molecule has 2 rings (SSSR count). The highest BCUT2D eigenvalue weighted by Crippen LogP contribution is 2.25. The first-order valence-corrected chi connectivity index (χ1v) is 13.1. The number of sulfonamides is 1. The number of benzene rings is 2. The molecule has 0 saturated carbocycles. The van der Waals surface area contributed by atoms with Crippen LogP contribution in [0.5, 0.6) is 0 Å². The summed E-state index contributed by atoms with van der Waals surface area (Å²) in [5.41, 5.74) is 3.23. The molecule has 180 valence electrons. The van der Waals surface area contributed by atoms with Crippen LogP contribution < -0.4 is 9.62 Å². The largest absolute Gasteiger partial charge is 0.354 e. The number of carbonyl (C=O) groups excluding carboxylic acids is 2. The normalized spacial score (nSPS) is 12.2. The predicted octanol–water partition coefficient (Wildman–Crippen LogP) is 3.06. The van der Waals surface area contributed by atoms with Gasteiger partial charge in [-0.1, -0.05) is 49.4 Å². The van der Waals surface area contributed by atoms with Crippen LogP contribution in [0.2, 0.25) is 0 Å². The fourth-order valence-corrected chi connectivity index (χ4v) is 4.47. The van der Waals surface area contributed by atoms with Crippen LogP contribution in [0.15, 0.2) is 48.5 Å². The Balaban J connectivity index is 2.33. The quantitative estimate of drug-likeness (QED) is 0.543. The molecule has 2 aromatic carbocycles. The Labute approximate surface area is 197 Å². The van der Waals surface area contributed by atoms with Gasteiger partial charge in [-0.25, -0.2) is 8.42 Å². The SMILES string of the molecule is CCCNC(=O)C(C)N(CCc1ccccc1)C(=O)CN(c1cccc(C)c1C)S(C)(=O)=O. The summed E-state index contributed by atoms with van der Waals surface area (Å²) < 4.78 is 26.4. The first-order chi connectivity index (χ1) is 15.6. The molecule has 1 N–H and O–H groups in total. The van der Waals surface area contributed by atoms with Crippen molar-refractivity contribution >= 4 is 27.5 Å². The van der Waals surface area contributed by atoms with Crippen LogP contribution in [0, 0.1) is 13.8 Å². The lowest BCUT2D eigenvalue weighted by atomic mass is 10.1. The summed E-state index contributed by atoms with van der Waals surface area (Å²) >= 11 is 0. The topological polar surface area (TPSA) is 86.8 Å². The number of aryl methyl sites for hydroxylation is 1. The van der Waals surface area contributed by atoms with Crippen molar-refractivity contribution in [1.29, 1.82) is 0 Å². The van der Waals surface area contributed by atoms with Crippen molar-refractivity contribution in [2.45, 2.75) is 46.6 Å². The van der Waals surface area contributed by atoms with Crippen molar-refractivity contribution in [2.24, 2.45) is 0 Å². The number of amides is 2. The van der Waals surface area contributed by atoms with Gasteiger partial charge in [0.15, 0.2) is 0 Å². The van der Waals surface area contributed by atoms with Crippen LogP contribution in [0.4, 0.5) is 5.69 Å². The van der Waals surface area contributed by atoms with Crippen LogP contribution in [0.3, 0.4) is 0 Å². The number of hydrogen-bond acceptors (Lipinski definition) is 4. The van der Waals surface area contributed by atoms with Crippen LogP contribution in [-0.4, -0.2) is 57.1 Å². The van der Waals surface area contributed by atoms with Crippen LogP contribution in [-0.2, 0) is 26.0 Å². The van der Waals surface area contributed by atoms with E-state index in [1.54, 1.807) is 19.1 Å². The van der Waals surface area contributed by atoms with Gasteiger partial charge in [-0.15, -0.1) is 0 Å². The minimum absolute atomic E-state index is 0.254. The summed E-state index contributed by atoms with van der Waals surface area (Å²) in [5.74, 6) is -0.674. The molecule has 1 unspecified atom stereocenters. The number of carbonyl (C=O) groups is 2. The molecule has 8 heteroatoms. The van der Waals surface area contributed by atoms with Gasteiger partial charge in [0.1, 0.15) is 12.6 Å². The predicted molar refractivity (Wildman–Crippen MR) is 133 cm³/mol. The molecule has 0 aliphatic carbocycles. The molecule has 0 aromatic heterocycles. The average Bonchev–Trinajstić information content (AvgIpc) is 2.77. The lowest BCUT2D eigenvalue weighted by molar-refractivity contribution is -0.138. The van der Waals surface area contributed by atoms with Crippen molar-refractivity contribution in [2.75, 3.05) is 30.2 Å². The number of nitrogens with one attached hydrogen (secondary N) is 1. The van der Waals surface area contributed by atoms with E-state index in [0.717, 1.165) is 33.7 Å². The van der Waals surface area contributed by atoms with Crippen LogP contribution >= 0.6 is 0 Å². The van der Waals surface area contributed by atoms with E-state index in [-0.39, 0.29) is 12.5 Å². The Morgan fingerprint density at radius 1 is 1.03 bits per heavy atom. The van der Waals surface area contributed by atoms with E-state index in [1.807, 2.05) is 57.2 Å². The van der Waals surface area contributed by atoms with Crippen LogP contribution in [0.1, 0.15) is 37.0 Å². The van der Waals surface area contributed by atoms with Gasteiger partial charge < -0.3 is 10.2 Å². The summed E-state index contributed by atoms with van der Waals surface area (Å²) in [6.07, 6.45) is 2.43. The minimum atomic E-state index is -3.73. The van der Waals surface area contributed by atoms with E-state index >= 15 is 0 Å². The Morgan fingerprint density at radius 2 is 1.70 bits per heavy atom. The molecule has 0 aliphatic rings. The molecule has 0 heterocycles. The molecule has 0 aliphatic heterocycles. The van der Waals surface area contributed by atoms with Crippen molar-refractivity contribution in [3.8, 4) is 0 Å². The minimum Gasteiger partial charge on any atom is -0.354 e. The molecule has 2 amide bonds. The molecule has 0 radical (unpaired) electrons. The Morgan fingerprint density at radius 3 is 2.30 bits per heavy atom. The monoisotopic (exact) mass is 473 g/mol. The van der Waals surface area contributed by atoms with E-state index in [0.29, 0.717) is 25.2 Å². The number of nitrogens with zero attached hydrogens (tertiary/aromatic N) is 2. The molecular formula is C25H35N3O4S. The second-order valence-corrected chi connectivity index (χ2v) is 10.2. The Bertz CT molecular complexity index is 1050. The van der Waals surface area contributed by atoms with Gasteiger partial charge >= 0.3 is 0 Å². The standard InChI is InChI=1S/C25H35N3O4S/c1-6-16-26-25(30)21(4)27(17-15-22-12-8-7-9-13-22)24(29)18-28(33(5,31)32)23-14-10-11-19(2)20(23)3/h7-14,21H,6,15-18H2,1-5H3,(H,26,30). The lowest BCUT2D eigenvalue weighted by Crippen LogP contribution is -2.52. The number of hydrogen-bond donors (Lipinski definition) is 1. The van der Waals surface area contributed by atoms with Crippen molar-refractivity contribution < 1.29 is 18.0 Å². The molecule has 7 nitrogen and oxygen atoms in total. The summed E-state index contributed by atoms with van der Waals surface area (Å²) in [4.78, 5) is 27.6. The van der Waals surface area contributed by atoms with Gasteiger partial charge in [0.05, 0.1) is 11.9 Å². The molecule has 33 heavy (non-hydrogen) atoms. The van der Waals surface area contributed by atoms with E-state index in [2.05, 4.69) is 5.32 Å². The highest BCUT2D eigenvalue weighted by atomic mass is 32.2. The number of anilines is 1. The molecular weight excluding hydrogens is 438 g/mol. The van der Waals surface area contributed by atoms with Gasteiger partial charge in [0.25, 0.3) is 0 Å². The summed E-state index contributed by atoms with van der Waals surface area (Å²) in [6.45, 7) is 7.81. The van der Waals surface area contributed by atoms with E-state index < -0.39 is 22.0 Å². The van der Waals surface area contributed by atoms with Crippen molar-refractivity contribution in [1.82, 2.24) is 10.2 Å². The Kier molecular flexibility index (Phi) is 9.46. The third-order valence-corrected chi connectivity index (χ3v) is 6.85. The maximum absolute atomic E-state index is 13.5. The summed E-state index contributed by atoms with van der Waals surface area (Å²) in [5, 5.41) is 2.83. The molecule has 0 saturated heterocycles. The highest BCUT2D eigenvalue weighted by Gasteiger charge is 2.30. The zero-order valence-electron chi connectivity index (χ0n) is 20.2. The van der Waals surface area contributed by atoms with Gasteiger partial charge in [0, 0.05) is 13.1 Å².